The first kappa shape index (κ1) is 9.90. The second-order valence-corrected chi connectivity index (χ2v) is 3.70. The van der Waals surface area contributed by atoms with Gasteiger partial charge in [0.15, 0.2) is 6.29 Å². The van der Waals surface area contributed by atoms with Crippen molar-refractivity contribution in [1.82, 2.24) is 0 Å². The van der Waals surface area contributed by atoms with E-state index in [1.165, 1.54) is 0 Å². The van der Waals surface area contributed by atoms with Gasteiger partial charge in [-0.15, -0.1) is 6.58 Å². The molecule has 0 bridgehead atoms. The molecule has 14 heavy (non-hydrogen) atoms. The molecule has 2 aliphatic heterocycles. The van der Waals surface area contributed by atoms with Crippen LogP contribution in [0.3, 0.4) is 0 Å². The van der Waals surface area contributed by atoms with Crippen LogP contribution in [0.1, 0.15) is 19.3 Å². The summed E-state index contributed by atoms with van der Waals surface area (Å²) < 4.78 is 10.5. The number of aliphatic hydroxyl groups is 1. The van der Waals surface area contributed by atoms with Crippen LogP contribution in [0.15, 0.2) is 24.8 Å². The molecule has 0 aliphatic carbocycles. The van der Waals surface area contributed by atoms with E-state index in [2.05, 4.69) is 18.7 Å². The van der Waals surface area contributed by atoms with Crippen LogP contribution in [-0.4, -0.2) is 29.7 Å². The van der Waals surface area contributed by atoms with Crippen molar-refractivity contribution in [2.24, 2.45) is 0 Å². The van der Waals surface area contributed by atoms with Crippen LogP contribution in [-0.2, 0) is 9.47 Å². The summed E-state index contributed by atoms with van der Waals surface area (Å²) in [6, 6.07) is 0. The minimum atomic E-state index is -0.692. The maximum absolute atomic E-state index is 9.27. The minimum Gasteiger partial charge on any atom is -0.366 e. The van der Waals surface area contributed by atoms with E-state index < -0.39 is 6.29 Å². The fraction of sp³-hybridized carbons (Fsp3) is 0.636. The Morgan fingerprint density at radius 2 is 2.07 bits per heavy atom. The van der Waals surface area contributed by atoms with Crippen LogP contribution in [0.4, 0.5) is 0 Å². The van der Waals surface area contributed by atoms with Crippen molar-refractivity contribution in [1.29, 1.82) is 0 Å². The first-order chi connectivity index (χ1) is 6.83. The molecule has 0 aromatic heterocycles. The van der Waals surface area contributed by atoms with E-state index in [9.17, 15) is 5.11 Å². The Hall–Kier alpha value is -0.640. The quantitative estimate of drug-likeness (QED) is 0.533. The lowest BCUT2D eigenvalue weighted by Crippen LogP contribution is -2.18. The van der Waals surface area contributed by atoms with Gasteiger partial charge in [-0.05, 0) is 19.3 Å². The Bertz CT molecular complexity index is 237. The molecule has 2 heterocycles. The molecule has 78 valence electrons. The van der Waals surface area contributed by atoms with E-state index in [1.807, 2.05) is 6.08 Å². The molecule has 0 aromatic rings. The molecule has 0 spiro atoms. The highest BCUT2D eigenvalue weighted by Crippen LogP contribution is 2.39. The van der Waals surface area contributed by atoms with E-state index in [4.69, 9.17) is 9.47 Å². The number of epoxide rings is 1. The minimum absolute atomic E-state index is 0.0443. The summed E-state index contributed by atoms with van der Waals surface area (Å²) >= 11 is 0. The third-order valence-corrected chi connectivity index (χ3v) is 2.61. The summed E-state index contributed by atoms with van der Waals surface area (Å²) in [5.41, 5.74) is 0. The highest BCUT2D eigenvalue weighted by molar-refractivity contribution is 5.00. The number of hydrogen-bond acceptors (Lipinski definition) is 3. The van der Waals surface area contributed by atoms with E-state index >= 15 is 0 Å². The first-order valence-corrected chi connectivity index (χ1v) is 5.08. The Morgan fingerprint density at radius 3 is 2.64 bits per heavy atom. The molecular weight excluding hydrogens is 180 g/mol. The second kappa shape index (κ2) is 4.26. The van der Waals surface area contributed by atoms with Gasteiger partial charge in [0.1, 0.15) is 12.2 Å². The van der Waals surface area contributed by atoms with Crippen molar-refractivity contribution in [3.8, 4) is 0 Å². The highest BCUT2D eigenvalue weighted by Gasteiger charge is 2.57. The van der Waals surface area contributed by atoms with Crippen molar-refractivity contribution in [3.63, 3.8) is 0 Å². The summed E-state index contributed by atoms with van der Waals surface area (Å²) in [6.07, 6.45) is 8.38. The van der Waals surface area contributed by atoms with Crippen LogP contribution in [0.5, 0.6) is 0 Å². The number of ether oxygens (including phenoxy) is 2. The molecule has 3 heteroatoms. The number of rotatable bonds is 5. The SMILES string of the molecule is C=CC/C=C/CC[C@H]1OC(O)[C@@H]2O[C@H]12. The molecule has 0 saturated carbocycles. The maximum atomic E-state index is 9.27. The van der Waals surface area contributed by atoms with Crippen LogP contribution in [0.25, 0.3) is 0 Å². The molecule has 4 atom stereocenters. The molecular formula is C11H16O3. The summed E-state index contributed by atoms with van der Waals surface area (Å²) in [6.45, 7) is 3.64. The molecule has 0 aromatic carbocycles. The molecule has 1 N–H and O–H groups in total. The highest BCUT2D eigenvalue weighted by atomic mass is 16.7. The fourth-order valence-electron chi connectivity index (χ4n) is 1.80. The number of aliphatic hydroxyl groups excluding tert-OH is 1. The third-order valence-electron chi connectivity index (χ3n) is 2.61. The zero-order valence-corrected chi connectivity index (χ0v) is 8.13. The lowest BCUT2D eigenvalue weighted by Gasteiger charge is -2.12. The van der Waals surface area contributed by atoms with E-state index in [1.54, 1.807) is 0 Å². The summed E-state index contributed by atoms with van der Waals surface area (Å²) in [4.78, 5) is 0. The van der Waals surface area contributed by atoms with Gasteiger partial charge < -0.3 is 14.6 Å². The van der Waals surface area contributed by atoms with Crippen molar-refractivity contribution in [2.75, 3.05) is 0 Å². The van der Waals surface area contributed by atoms with Crippen molar-refractivity contribution >= 4 is 0 Å². The largest absolute Gasteiger partial charge is 0.366 e. The smallest absolute Gasteiger partial charge is 0.184 e. The lowest BCUT2D eigenvalue weighted by molar-refractivity contribution is -0.141. The first-order valence-electron chi connectivity index (χ1n) is 5.08. The van der Waals surface area contributed by atoms with Gasteiger partial charge in [0.05, 0.1) is 6.10 Å². The van der Waals surface area contributed by atoms with Gasteiger partial charge in [-0.1, -0.05) is 18.2 Å². The zero-order valence-electron chi connectivity index (χ0n) is 8.13. The van der Waals surface area contributed by atoms with E-state index in [0.29, 0.717) is 0 Å². The predicted molar refractivity (Wildman–Crippen MR) is 52.7 cm³/mol. The van der Waals surface area contributed by atoms with Gasteiger partial charge in [-0.2, -0.15) is 0 Å². The number of hydrogen-bond donors (Lipinski definition) is 1. The second-order valence-electron chi connectivity index (χ2n) is 3.70. The number of allylic oxidation sites excluding steroid dienone is 3. The summed E-state index contributed by atoms with van der Waals surface area (Å²) in [5, 5.41) is 9.27. The van der Waals surface area contributed by atoms with Gasteiger partial charge >= 0.3 is 0 Å². The topological polar surface area (TPSA) is 42.0 Å². The lowest BCUT2D eigenvalue weighted by atomic mass is 10.1. The van der Waals surface area contributed by atoms with Gasteiger partial charge in [0.2, 0.25) is 0 Å². The average molecular weight is 196 g/mol. The van der Waals surface area contributed by atoms with E-state index in [0.717, 1.165) is 19.3 Å². The molecule has 3 nitrogen and oxygen atoms in total. The van der Waals surface area contributed by atoms with Crippen molar-refractivity contribution < 1.29 is 14.6 Å². The van der Waals surface area contributed by atoms with Gasteiger partial charge in [0.25, 0.3) is 0 Å². The zero-order chi connectivity index (χ0) is 9.97. The van der Waals surface area contributed by atoms with Crippen molar-refractivity contribution in [2.45, 2.75) is 43.9 Å². The number of fused-ring (bicyclic) bond motifs is 1. The monoisotopic (exact) mass is 196 g/mol. The van der Waals surface area contributed by atoms with Crippen LogP contribution in [0, 0.1) is 0 Å². The normalized spacial score (nSPS) is 40.1. The standard InChI is InChI=1S/C11H16O3/c1-2-3-4-5-6-7-8-9-10(14-9)11(12)13-8/h2,4-5,8-12H,1,3,6-7H2/b5-4+/t8-,9-,10-,11?/m1/s1. The molecule has 0 amide bonds. The Morgan fingerprint density at radius 1 is 1.21 bits per heavy atom. The fourth-order valence-corrected chi connectivity index (χ4v) is 1.80. The van der Waals surface area contributed by atoms with Gasteiger partial charge in [-0.3, -0.25) is 0 Å². The van der Waals surface area contributed by atoms with Crippen LogP contribution in [0.2, 0.25) is 0 Å². The van der Waals surface area contributed by atoms with E-state index in [-0.39, 0.29) is 18.3 Å². The molecule has 2 saturated heterocycles. The molecule has 2 rings (SSSR count). The Labute approximate surface area is 84.0 Å². The molecule has 1 unspecified atom stereocenters. The summed E-state index contributed by atoms with van der Waals surface area (Å²) in [5.74, 6) is 0. The molecule has 2 fully saturated rings. The molecule has 0 radical (unpaired) electrons. The van der Waals surface area contributed by atoms with Crippen LogP contribution >= 0.6 is 0 Å². The summed E-state index contributed by atoms with van der Waals surface area (Å²) in [7, 11) is 0. The third kappa shape index (κ3) is 2.05. The Kier molecular flexibility index (Phi) is 3.01. The van der Waals surface area contributed by atoms with Gasteiger partial charge in [-0.25, -0.2) is 0 Å². The van der Waals surface area contributed by atoms with Crippen LogP contribution < -0.4 is 0 Å². The predicted octanol–water partition coefficient (Wildman–Crippen LogP) is 1.38. The van der Waals surface area contributed by atoms with Crippen molar-refractivity contribution in [3.05, 3.63) is 24.8 Å². The Balaban J connectivity index is 1.64. The molecule has 2 aliphatic rings. The maximum Gasteiger partial charge on any atom is 0.184 e. The average Bonchev–Trinajstić information content (AvgIpc) is 2.90. The van der Waals surface area contributed by atoms with Gasteiger partial charge in [0, 0.05) is 0 Å².